The molecular formula is C17H14IN3O2S. The van der Waals surface area contributed by atoms with E-state index in [-0.39, 0.29) is 18.4 Å². The molecule has 1 aromatic heterocycles. The molecule has 0 aliphatic rings. The fourth-order valence-corrected chi connectivity index (χ4v) is 3.76. The van der Waals surface area contributed by atoms with Gasteiger partial charge in [0.05, 0.1) is 22.3 Å². The lowest BCUT2D eigenvalue weighted by Crippen LogP contribution is -2.33. The number of hydrogen-bond acceptors (Lipinski definition) is 4. The molecule has 2 amide bonds. The number of carbonyl (C=O) groups excluding carboxylic acids is 2. The normalized spacial score (nSPS) is 10.6. The molecule has 0 aliphatic heterocycles. The lowest BCUT2D eigenvalue weighted by molar-refractivity contribution is -0.115. The summed E-state index contributed by atoms with van der Waals surface area (Å²) >= 11 is 3.51. The molecule has 0 bridgehead atoms. The van der Waals surface area contributed by atoms with Crippen LogP contribution in [0.2, 0.25) is 0 Å². The van der Waals surface area contributed by atoms with Gasteiger partial charge in [0.25, 0.3) is 5.91 Å². The maximum absolute atomic E-state index is 12.1. The van der Waals surface area contributed by atoms with E-state index in [0.717, 1.165) is 19.4 Å². The molecule has 3 aromatic rings. The number of nitrogens with one attached hydrogen (secondary N) is 2. The predicted molar refractivity (Wildman–Crippen MR) is 104 cm³/mol. The fraction of sp³-hybridized carbons (Fsp3) is 0.118. The number of amides is 2. The highest BCUT2D eigenvalue weighted by molar-refractivity contribution is 14.1. The van der Waals surface area contributed by atoms with Crippen molar-refractivity contribution in [3.05, 3.63) is 57.2 Å². The molecule has 24 heavy (non-hydrogen) atoms. The molecular weight excluding hydrogens is 437 g/mol. The highest BCUT2D eigenvalue weighted by atomic mass is 127. The fourth-order valence-electron chi connectivity index (χ4n) is 2.15. The Morgan fingerprint density at radius 1 is 1.21 bits per heavy atom. The van der Waals surface area contributed by atoms with Crippen molar-refractivity contribution in [1.82, 2.24) is 10.3 Å². The third-order valence-electron chi connectivity index (χ3n) is 3.32. The molecule has 1 heterocycles. The molecule has 0 radical (unpaired) electrons. The molecule has 122 valence electrons. The maximum atomic E-state index is 12.1. The van der Waals surface area contributed by atoms with Gasteiger partial charge < -0.3 is 10.6 Å². The first-order chi connectivity index (χ1) is 11.5. The summed E-state index contributed by atoms with van der Waals surface area (Å²) < 4.78 is 1.86. The Balaban J connectivity index is 1.61. The summed E-state index contributed by atoms with van der Waals surface area (Å²) in [4.78, 5) is 28.5. The zero-order valence-electron chi connectivity index (χ0n) is 12.8. The van der Waals surface area contributed by atoms with Crippen LogP contribution >= 0.6 is 33.9 Å². The van der Waals surface area contributed by atoms with Gasteiger partial charge in [-0.15, -0.1) is 0 Å². The number of fused-ring (bicyclic) bond motifs is 1. The van der Waals surface area contributed by atoms with Gasteiger partial charge >= 0.3 is 0 Å². The molecule has 7 heteroatoms. The lowest BCUT2D eigenvalue weighted by atomic mass is 10.2. The summed E-state index contributed by atoms with van der Waals surface area (Å²) in [6.45, 7) is 1.91. The second-order valence-corrected chi connectivity index (χ2v) is 7.39. The van der Waals surface area contributed by atoms with E-state index >= 15 is 0 Å². The van der Waals surface area contributed by atoms with Gasteiger partial charge in [0.1, 0.15) is 0 Å². The summed E-state index contributed by atoms with van der Waals surface area (Å²) in [5.41, 5.74) is 2.55. The highest BCUT2D eigenvalue weighted by Gasteiger charge is 2.12. The van der Waals surface area contributed by atoms with Crippen molar-refractivity contribution >= 4 is 61.1 Å². The van der Waals surface area contributed by atoms with Gasteiger partial charge in [-0.1, -0.05) is 29.5 Å². The smallest absolute Gasteiger partial charge is 0.252 e. The van der Waals surface area contributed by atoms with Gasteiger partial charge in [0.15, 0.2) is 5.13 Å². The number of halogens is 1. The lowest BCUT2D eigenvalue weighted by Gasteiger charge is -2.06. The van der Waals surface area contributed by atoms with Gasteiger partial charge in [0, 0.05) is 3.57 Å². The van der Waals surface area contributed by atoms with Crippen molar-refractivity contribution in [3.63, 3.8) is 0 Å². The third-order valence-corrected chi connectivity index (χ3v) is 5.19. The van der Waals surface area contributed by atoms with Crippen LogP contribution in [0, 0.1) is 10.5 Å². The molecule has 0 atom stereocenters. The molecule has 2 N–H and O–H groups in total. The topological polar surface area (TPSA) is 71.1 Å². The van der Waals surface area contributed by atoms with Gasteiger partial charge in [-0.2, -0.15) is 0 Å². The van der Waals surface area contributed by atoms with Crippen LogP contribution in [-0.2, 0) is 4.79 Å². The first-order valence-electron chi connectivity index (χ1n) is 7.23. The standard InChI is InChI=1S/C17H14IN3O2S/c1-10-6-7-13-14(8-10)24-17(20-13)21-15(22)9-19-16(23)11-4-2-3-5-12(11)18/h2-8H,9H2,1H3,(H,19,23)(H,20,21,22). The van der Waals surface area contributed by atoms with Gasteiger partial charge in [-0.25, -0.2) is 4.98 Å². The van der Waals surface area contributed by atoms with Crippen molar-refractivity contribution in [3.8, 4) is 0 Å². The minimum atomic E-state index is -0.301. The number of anilines is 1. The number of hydrogen-bond donors (Lipinski definition) is 2. The van der Waals surface area contributed by atoms with Crippen LogP contribution in [-0.4, -0.2) is 23.3 Å². The van der Waals surface area contributed by atoms with Crippen LogP contribution in [0.4, 0.5) is 5.13 Å². The SMILES string of the molecule is Cc1ccc2nc(NC(=O)CNC(=O)c3ccccc3I)sc2c1. The van der Waals surface area contributed by atoms with E-state index in [1.165, 1.54) is 11.3 Å². The van der Waals surface area contributed by atoms with E-state index in [4.69, 9.17) is 0 Å². The number of nitrogens with zero attached hydrogens (tertiary/aromatic N) is 1. The van der Waals surface area contributed by atoms with E-state index in [1.54, 1.807) is 12.1 Å². The van der Waals surface area contributed by atoms with Crippen molar-refractivity contribution in [2.75, 3.05) is 11.9 Å². The quantitative estimate of drug-likeness (QED) is 0.596. The molecule has 0 fully saturated rings. The van der Waals surface area contributed by atoms with Crippen molar-refractivity contribution < 1.29 is 9.59 Å². The number of aryl methyl sites for hydroxylation is 1. The zero-order valence-corrected chi connectivity index (χ0v) is 15.8. The average Bonchev–Trinajstić information content (AvgIpc) is 2.94. The summed E-state index contributed by atoms with van der Waals surface area (Å²) in [5.74, 6) is -0.569. The first kappa shape index (κ1) is 16.8. The summed E-state index contributed by atoms with van der Waals surface area (Å²) in [6, 6.07) is 13.2. The van der Waals surface area contributed by atoms with Crippen molar-refractivity contribution in [2.45, 2.75) is 6.92 Å². The Hall–Kier alpha value is -2.00. The van der Waals surface area contributed by atoms with Gasteiger partial charge in [0.2, 0.25) is 5.91 Å². The molecule has 2 aromatic carbocycles. The minimum absolute atomic E-state index is 0.0985. The Bertz CT molecular complexity index is 923. The Morgan fingerprint density at radius 3 is 2.79 bits per heavy atom. The Morgan fingerprint density at radius 2 is 2.00 bits per heavy atom. The summed E-state index contributed by atoms with van der Waals surface area (Å²) in [7, 11) is 0. The third kappa shape index (κ3) is 3.90. The summed E-state index contributed by atoms with van der Waals surface area (Å²) in [6.07, 6.45) is 0. The second-order valence-electron chi connectivity index (χ2n) is 5.20. The second kappa shape index (κ2) is 7.27. The monoisotopic (exact) mass is 451 g/mol. The Labute approximate surface area is 156 Å². The van der Waals surface area contributed by atoms with E-state index < -0.39 is 0 Å². The van der Waals surface area contributed by atoms with Crippen LogP contribution in [0.15, 0.2) is 42.5 Å². The minimum Gasteiger partial charge on any atom is -0.343 e. The first-order valence-corrected chi connectivity index (χ1v) is 9.12. The molecule has 0 unspecified atom stereocenters. The number of rotatable bonds is 4. The number of aromatic nitrogens is 1. The van der Waals surface area contributed by atoms with E-state index in [9.17, 15) is 9.59 Å². The number of carbonyl (C=O) groups is 2. The van der Waals surface area contributed by atoms with Crippen LogP contribution < -0.4 is 10.6 Å². The van der Waals surface area contributed by atoms with Gasteiger partial charge in [-0.3, -0.25) is 9.59 Å². The van der Waals surface area contributed by atoms with Crippen molar-refractivity contribution in [2.24, 2.45) is 0 Å². The average molecular weight is 451 g/mol. The van der Waals surface area contributed by atoms with E-state index in [2.05, 4.69) is 38.2 Å². The molecule has 3 rings (SSSR count). The molecule has 0 aliphatic carbocycles. The Kier molecular flexibility index (Phi) is 5.10. The largest absolute Gasteiger partial charge is 0.343 e. The van der Waals surface area contributed by atoms with E-state index in [1.807, 2.05) is 37.3 Å². The molecule has 5 nitrogen and oxygen atoms in total. The van der Waals surface area contributed by atoms with Crippen LogP contribution in [0.1, 0.15) is 15.9 Å². The summed E-state index contributed by atoms with van der Waals surface area (Å²) in [5, 5.41) is 5.88. The van der Waals surface area contributed by atoms with E-state index in [0.29, 0.717) is 10.7 Å². The van der Waals surface area contributed by atoms with Crippen LogP contribution in [0.25, 0.3) is 10.2 Å². The maximum Gasteiger partial charge on any atom is 0.252 e. The zero-order chi connectivity index (χ0) is 17.1. The van der Waals surface area contributed by atoms with Crippen molar-refractivity contribution in [1.29, 1.82) is 0 Å². The molecule has 0 saturated heterocycles. The predicted octanol–water partition coefficient (Wildman–Crippen LogP) is 3.58. The van der Waals surface area contributed by atoms with Gasteiger partial charge in [-0.05, 0) is 59.3 Å². The van der Waals surface area contributed by atoms with Crippen LogP contribution in [0.3, 0.4) is 0 Å². The number of benzene rings is 2. The number of thiazole rings is 1. The highest BCUT2D eigenvalue weighted by Crippen LogP contribution is 2.26. The van der Waals surface area contributed by atoms with Crippen LogP contribution in [0.5, 0.6) is 0 Å². The molecule has 0 saturated carbocycles. The molecule has 0 spiro atoms.